The minimum Gasteiger partial charge on any atom is -0.356 e. The number of nitro benzene ring substituents is 1. The molecule has 0 bridgehead atoms. The first-order valence-corrected chi connectivity index (χ1v) is 7.47. The molecule has 0 radical (unpaired) electrons. The van der Waals surface area contributed by atoms with Gasteiger partial charge in [0.25, 0.3) is 5.69 Å². The lowest BCUT2D eigenvalue weighted by Crippen LogP contribution is -2.40. The number of non-ortho nitro benzene ring substituents is 1. The van der Waals surface area contributed by atoms with Crippen molar-refractivity contribution in [3.63, 3.8) is 0 Å². The Hall–Kier alpha value is -2.11. The topological polar surface area (TPSA) is 70.8 Å². The Morgan fingerprint density at radius 2 is 2.00 bits per heavy atom. The van der Waals surface area contributed by atoms with E-state index in [1.54, 1.807) is 12.1 Å². The quantitative estimate of drug-likeness (QED) is 0.391. The predicted octanol–water partition coefficient (Wildman–Crippen LogP) is 2.55. The van der Waals surface area contributed by atoms with Crippen LogP contribution in [0.5, 0.6) is 0 Å². The standard InChI is InChI=1S/C15H22N4O2/c1-2-9-16-15(18-10-3-4-11-18)17-12-13-5-7-14(8-6-13)19(20)21/h5-8H,2-4,9-12H2,1H3,(H,16,17). The van der Waals surface area contributed by atoms with Gasteiger partial charge in [0, 0.05) is 31.8 Å². The second-order valence-corrected chi connectivity index (χ2v) is 5.18. The van der Waals surface area contributed by atoms with E-state index < -0.39 is 0 Å². The summed E-state index contributed by atoms with van der Waals surface area (Å²) in [5, 5.41) is 14.0. The van der Waals surface area contributed by atoms with Gasteiger partial charge in [-0.15, -0.1) is 0 Å². The third-order valence-electron chi connectivity index (χ3n) is 3.50. The Bertz CT molecular complexity index is 493. The summed E-state index contributed by atoms with van der Waals surface area (Å²) in [6.07, 6.45) is 3.49. The zero-order chi connectivity index (χ0) is 15.1. The molecule has 0 saturated carbocycles. The lowest BCUT2D eigenvalue weighted by Gasteiger charge is -2.21. The Morgan fingerprint density at radius 1 is 1.33 bits per heavy atom. The predicted molar refractivity (Wildman–Crippen MR) is 83.3 cm³/mol. The zero-order valence-corrected chi connectivity index (χ0v) is 12.4. The van der Waals surface area contributed by atoms with Gasteiger partial charge in [-0.2, -0.15) is 0 Å². The molecule has 6 nitrogen and oxygen atoms in total. The van der Waals surface area contributed by atoms with Crippen LogP contribution in [0.3, 0.4) is 0 Å². The third-order valence-corrected chi connectivity index (χ3v) is 3.50. The summed E-state index contributed by atoms with van der Waals surface area (Å²) in [4.78, 5) is 17.2. The SMILES string of the molecule is CCCNC(=NCc1ccc([N+](=O)[O-])cc1)N1CCCC1. The maximum absolute atomic E-state index is 10.6. The van der Waals surface area contributed by atoms with Crippen molar-refractivity contribution in [2.75, 3.05) is 19.6 Å². The number of guanidine groups is 1. The fraction of sp³-hybridized carbons (Fsp3) is 0.533. The van der Waals surface area contributed by atoms with Crippen molar-refractivity contribution in [2.45, 2.75) is 32.7 Å². The highest BCUT2D eigenvalue weighted by Crippen LogP contribution is 2.13. The van der Waals surface area contributed by atoms with E-state index in [-0.39, 0.29) is 10.6 Å². The normalized spacial score (nSPS) is 15.3. The summed E-state index contributed by atoms with van der Waals surface area (Å²) >= 11 is 0. The summed E-state index contributed by atoms with van der Waals surface area (Å²) in [7, 11) is 0. The highest BCUT2D eigenvalue weighted by atomic mass is 16.6. The molecular formula is C15H22N4O2. The molecule has 0 unspecified atom stereocenters. The minimum absolute atomic E-state index is 0.117. The molecule has 1 aliphatic heterocycles. The fourth-order valence-electron chi connectivity index (χ4n) is 2.32. The van der Waals surface area contributed by atoms with Gasteiger partial charge in [-0.25, -0.2) is 4.99 Å². The third kappa shape index (κ3) is 4.44. The van der Waals surface area contributed by atoms with Crippen molar-refractivity contribution >= 4 is 11.6 Å². The van der Waals surface area contributed by atoms with E-state index in [1.165, 1.54) is 25.0 Å². The molecule has 1 heterocycles. The largest absolute Gasteiger partial charge is 0.356 e. The number of hydrogen-bond donors (Lipinski definition) is 1. The van der Waals surface area contributed by atoms with Gasteiger partial charge in [0.15, 0.2) is 5.96 Å². The molecule has 6 heteroatoms. The average Bonchev–Trinajstić information content (AvgIpc) is 3.02. The van der Waals surface area contributed by atoms with Crippen LogP contribution < -0.4 is 5.32 Å². The number of nitrogens with zero attached hydrogens (tertiary/aromatic N) is 3. The molecule has 21 heavy (non-hydrogen) atoms. The van der Waals surface area contributed by atoms with Crippen LogP contribution in [0.15, 0.2) is 29.3 Å². The summed E-state index contributed by atoms with van der Waals surface area (Å²) in [5.41, 5.74) is 1.10. The van der Waals surface area contributed by atoms with Gasteiger partial charge in [0.2, 0.25) is 0 Å². The number of aliphatic imine (C=N–C) groups is 1. The van der Waals surface area contributed by atoms with Crippen molar-refractivity contribution in [3.05, 3.63) is 39.9 Å². The second-order valence-electron chi connectivity index (χ2n) is 5.18. The Labute approximate surface area is 125 Å². The number of rotatable bonds is 5. The van der Waals surface area contributed by atoms with Gasteiger partial charge in [0.05, 0.1) is 11.5 Å². The summed E-state index contributed by atoms with van der Waals surface area (Å²) < 4.78 is 0. The van der Waals surface area contributed by atoms with Crippen molar-refractivity contribution < 1.29 is 4.92 Å². The molecule has 2 rings (SSSR count). The van der Waals surface area contributed by atoms with E-state index in [0.29, 0.717) is 6.54 Å². The van der Waals surface area contributed by atoms with Gasteiger partial charge in [-0.1, -0.05) is 19.1 Å². The van der Waals surface area contributed by atoms with Crippen LogP contribution >= 0.6 is 0 Å². The Kier molecular flexibility index (Phi) is 5.54. The fourth-order valence-corrected chi connectivity index (χ4v) is 2.32. The van der Waals surface area contributed by atoms with E-state index in [0.717, 1.165) is 37.6 Å². The van der Waals surface area contributed by atoms with Crippen LogP contribution in [0.4, 0.5) is 5.69 Å². The van der Waals surface area contributed by atoms with E-state index in [4.69, 9.17) is 0 Å². The number of nitro groups is 1. The number of benzene rings is 1. The van der Waals surface area contributed by atoms with E-state index in [9.17, 15) is 10.1 Å². The van der Waals surface area contributed by atoms with Gasteiger partial charge in [-0.05, 0) is 24.8 Å². The van der Waals surface area contributed by atoms with Crippen LogP contribution in [0.25, 0.3) is 0 Å². The molecule has 1 aromatic rings. The van der Waals surface area contributed by atoms with E-state index in [2.05, 4.69) is 22.1 Å². The first kappa shape index (κ1) is 15.3. The first-order valence-electron chi connectivity index (χ1n) is 7.47. The Morgan fingerprint density at radius 3 is 2.57 bits per heavy atom. The second kappa shape index (κ2) is 7.61. The summed E-state index contributed by atoms with van der Waals surface area (Å²) in [5.74, 6) is 0.952. The number of nitrogens with one attached hydrogen (secondary N) is 1. The molecule has 1 aliphatic rings. The highest BCUT2D eigenvalue weighted by Gasteiger charge is 2.15. The Balaban J connectivity index is 2.01. The lowest BCUT2D eigenvalue weighted by atomic mass is 10.2. The molecule has 1 fully saturated rings. The average molecular weight is 290 g/mol. The van der Waals surface area contributed by atoms with Crippen LogP contribution in [0.1, 0.15) is 31.7 Å². The van der Waals surface area contributed by atoms with Crippen molar-refractivity contribution in [1.82, 2.24) is 10.2 Å². The van der Waals surface area contributed by atoms with Gasteiger partial charge in [-0.3, -0.25) is 10.1 Å². The van der Waals surface area contributed by atoms with Crippen LogP contribution in [-0.4, -0.2) is 35.4 Å². The summed E-state index contributed by atoms with van der Waals surface area (Å²) in [6.45, 7) is 5.69. The molecule has 114 valence electrons. The number of hydrogen-bond acceptors (Lipinski definition) is 3. The van der Waals surface area contributed by atoms with Crippen molar-refractivity contribution in [2.24, 2.45) is 4.99 Å². The molecule has 0 aromatic heterocycles. The molecule has 0 spiro atoms. The minimum atomic E-state index is -0.383. The van der Waals surface area contributed by atoms with Crippen LogP contribution in [0, 0.1) is 10.1 Å². The molecule has 0 amide bonds. The zero-order valence-electron chi connectivity index (χ0n) is 12.4. The molecule has 0 atom stereocenters. The van der Waals surface area contributed by atoms with Gasteiger partial charge >= 0.3 is 0 Å². The lowest BCUT2D eigenvalue weighted by molar-refractivity contribution is -0.384. The van der Waals surface area contributed by atoms with Crippen molar-refractivity contribution in [1.29, 1.82) is 0 Å². The maximum atomic E-state index is 10.6. The van der Waals surface area contributed by atoms with E-state index in [1.807, 2.05) is 0 Å². The van der Waals surface area contributed by atoms with Crippen LogP contribution in [-0.2, 0) is 6.54 Å². The number of likely N-dealkylation sites (tertiary alicyclic amines) is 1. The molecule has 1 saturated heterocycles. The van der Waals surface area contributed by atoms with E-state index >= 15 is 0 Å². The molecule has 1 N–H and O–H groups in total. The molecule has 1 aromatic carbocycles. The summed E-state index contributed by atoms with van der Waals surface area (Å²) in [6, 6.07) is 6.59. The first-order chi connectivity index (χ1) is 10.2. The highest BCUT2D eigenvalue weighted by molar-refractivity contribution is 5.80. The van der Waals surface area contributed by atoms with Crippen LogP contribution in [0.2, 0.25) is 0 Å². The van der Waals surface area contributed by atoms with Crippen molar-refractivity contribution in [3.8, 4) is 0 Å². The molecule has 0 aliphatic carbocycles. The smallest absolute Gasteiger partial charge is 0.269 e. The van der Waals surface area contributed by atoms with Gasteiger partial charge < -0.3 is 10.2 Å². The monoisotopic (exact) mass is 290 g/mol. The maximum Gasteiger partial charge on any atom is 0.269 e. The van der Waals surface area contributed by atoms with Gasteiger partial charge in [0.1, 0.15) is 0 Å². The molecular weight excluding hydrogens is 268 g/mol.